The van der Waals surface area contributed by atoms with Gasteiger partial charge in [0.1, 0.15) is 5.60 Å². The van der Waals surface area contributed by atoms with Crippen molar-refractivity contribution in [2.75, 3.05) is 0 Å². The summed E-state index contributed by atoms with van der Waals surface area (Å²) in [7, 11) is 0. The first-order valence-corrected chi connectivity index (χ1v) is 5.34. The van der Waals surface area contributed by atoms with Gasteiger partial charge in [0.2, 0.25) is 0 Å². The Morgan fingerprint density at radius 2 is 2.00 bits per heavy atom. The quantitative estimate of drug-likeness (QED) is 0.503. The van der Waals surface area contributed by atoms with E-state index in [1.807, 2.05) is 34.6 Å². The lowest BCUT2D eigenvalue weighted by molar-refractivity contribution is -0.171. The number of rotatable bonds is 6. The van der Waals surface area contributed by atoms with Crippen molar-refractivity contribution >= 4 is 5.97 Å². The van der Waals surface area contributed by atoms with Crippen molar-refractivity contribution in [3.63, 3.8) is 0 Å². The SMILES string of the molecule is C=CC(=O)OC(C)(C)C(CC)OC(C)C. The van der Waals surface area contributed by atoms with Crippen molar-refractivity contribution in [1.82, 2.24) is 0 Å². The zero-order valence-electron chi connectivity index (χ0n) is 10.4. The van der Waals surface area contributed by atoms with E-state index in [0.29, 0.717) is 0 Å². The van der Waals surface area contributed by atoms with Gasteiger partial charge in [0.05, 0.1) is 12.2 Å². The summed E-state index contributed by atoms with van der Waals surface area (Å²) in [5, 5.41) is 0. The second kappa shape index (κ2) is 5.91. The van der Waals surface area contributed by atoms with E-state index in [2.05, 4.69) is 6.58 Å². The highest BCUT2D eigenvalue weighted by Gasteiger charge is 2.33. The summed E-state index contributed by atoms with van der Waals surface area (Å²) in [5.74, 6) is -0.411. The molecule has 0 radical (unpaired) electrons. The van der Waals surface area contributed by atoms with Gasteiger partial charge in [-0.25, -0.2) is 4.79 Å². The molecular weight excluding hydrogens is 192 g/mol. The smallest absolute Gasteiger partial charge is 0.330 e. The Balaban J connectivity index is 4.49. The van der Waals surface area contributed by atoms with Crippen LogP contribution in [0.4, 0.5) is 0 Å². The monoisotopic (exact) mass is 214 g/mol. The van der Waals surface area contributed by atoms with Crippen molar-refractivity contribution < 1.29 is 14.3 Å². The molecular formula is C12H22O3. The second-order valence-electron chi connectivity index (χ2n) is 4.31. The van der Waals surface area contributed by atoms with Gasteiger partial charge in [-0.15, -0.1) is 0 Å². The van der Waals surface area contributed by atoms with E-state index in [-0.39, 0.29) is 12.2 Å². The molecule has 0 aromatic heterocycles. The number of ether oxygens (including phenoxy) is 2. The van der Waals surface area contributed by atoms with Gasteiger partial charge >= 0.3 is 5.97 Å². The Hall–Kier alpha value is -0.830. The maximum Gasteiger partial charge on any atom is 0.330 e. The largest absolute Gasteiger partial charge is 0.454 e. The summed E-state index contributed by atoms with van der Waals surface area (Å²) < 4.78 is 11.0. The fourth-order valence-electron chi connectivity index (χ4n) is 1.45. The Morgan fingerprint density at radius 1 is 1.47 bits per heavy atom. The molecule has 0 rings (SSSR count). The summed E-state index contributed by atoms with van der Waals surface area (Å²) in [6.45, 7) is 13.0. The molecule has 0 aromatic rings. The molecule has 0 saturated heterocycles. The topological polar surface area (TPSA) is 35.5 Å². The summed E-state index contributed by atoms with van der Waals surface area (Å²) in [6.07, 6.45) is 2.00. The van der Waals surface area contributed by atoms with Crippen molar-refractivity contribution in [2.24, 2.45) is 0 Å². The normalized spacial score (nSPS) is 13.7. The number of hydrogen-bond acceptors (Lipinski definition) is 3. The van der Waals surface area contributed by atoms with Crippen LogP contribution in [-0.2, 0) is 14.3 Å². The summed E-state index contributed by atoms with van der Waals surface area (Å²) >= 11 is 0. The average molecular weight is 214 g/mol. The number of carbonyl (C=O) groups is 1. The van der Waals surface area contributed by atoms with E-state index in [4.69, 9.17) is 9.47 Å². The van der Waals surface area contributed by atoms with Crippen LogP contribution in [0.25, 0.3) is 0 Å². The highest BCUT2D eigenvalue weighted by atomic mass is 16.6. The zero-order valence-corrected chi connectivity index (χ0v) is 10.4. The molecule has 1 unspecified atom stereocenters. The van der Waals surface area contributed by atoms with Gasteiger partial charge in [-0.1, -0.05) is 13.5 Å². The third kappa shape index (κ3) is 4.98. The van der Waals surface area contributed by atoms with Crippen LogP contribution in [0.5, 0.6) is 0 Å². The fraction of sp³-hybridized carbons (Fsp3) is 0.750. The number of esters is 1. The van der Waals surface area contributed by atoms with Crippen LogP contribution in [0.1, 0.15) is 41.0 Å². The molecule has 0 bridgehead atoms. The molecule has 0 spiro atoms. The highest BCUT2D eigenvalue weighted by molar-refractivity contribution is 5.81. The van der Waals surface area contributed by atoms with Crippen LogP contribution in [0.2, 0.25) is 0 Å². The van der Waals surface area contributed by atoms with E-state index in [0.717, 1.165) is 6.42 Å². The van der Waals surface area contributed by atoms with Gasteiger partial charge in [0.15, 0.2) is 0 Å². The van der Waals surface area contributed by atoms with E-state index in [1.165, 1.54) is 6.08 Å². The van der Waals surface area contributed by atoms with Crippen LogP contribution in [0, 0.1) is 0 Å². The summed E-state index contributed by atoms with van der Waals surface area (Å²) in [5.41, 5.74) is -0.621. The minimum Gasteiger partial charge on any atom is -0.454 e. The molecule has 15 heavy (non-hydrogen) atoms. The molecule has 88 valence electrons. The summed E-state index contributed by atoms with van der Waals surface area (Å²) in [4.78, 5) is 11.1. The van der Waals surface area contributed by atoms with Crippen LogP contribution >= 0.6 is 0 Å². The molecule has 1 atom stereocenters. The molecule has 0 saturated carbocycles. The lowest BCUT2D eigenvalue weighted by Crippen LogP contribution is -2.43. The third-order valence-corrected chi connectivity index (χ3v) is 2.11. The van der Waals surface area contributed by atoms with Gasteiger partial charge in [-0.3, -0.25) is 0 Å². The molecule has 0 amide bonds. The van der Waals surface area contributed by atoms with Gasteiger partial charge in [0.25, 0.3) is 0 Å². The van der Waals surface area contributed by atoms with Gasteiger partial charge in [-0.2, -0.15) is 0 Å². The first kappa shape index (κ1) is 14.2. The fourth-order valence-corrected chi connectivity index (χ4v) is 1.45. The lowest BCUT2D eigenvalue weighted by atomic mass is 9.99. The van der Waals surface area contributed by atoms with Crippen LogP contribution in [0.3, 0.4) is 0 Å². The molecule has 0 fully saturated rings. The predicted octanol–water partition coefficient (Wildman–Crippen LogP) is 2.70. The van der Waals surface area contributed by atoms with Crippen molar-refractivity contribution in [2.45, 2.75) is 58.8 Å². The molecule has 3 nitrogen and oxygen atoms in total. The molecule has 0 heterocycles. The average Bonchev–Trinajstić information content (AvgIpc) is 2.12. The Bertz CT molecular complexity index is 219. The molecule has 0 aromatic carbocycles. The van der Waals surface area contributed by atoms with Crippen molar-refractivity contribution in [1.29, 1.82) is 0 Å². The minimum atomic E-state index is -0.621. The van der Waals surface area contributed by atoms with Crippen LogP contribution in [0.15, 0.2) is 12.7 Å². The van der Waals surface area contributed by atoms with Crippen LogP contribution < -0.4 is 0 Å². The highest BCUT2D eigenvalue weighted by Crippen LogP contribution is 2.22. The van der Waals surface area contributed by atoms with Crippen molar-refractivity contribution in [3.8, 4) is 0 Å². The van der Waals surface area contributed by atoms with E-state index < -0.39 is 11.6 Å². The predicted molar refractivity (Wildman–Crippen MR) is 60.7 cm³/mol. The standard InChI is InChI=1S/C12H22O3/c1-7-10(14-9(3)4)12(5,6)15-11(13)8-2/h8-10H,2,7H2,1,3-6H3. The second-order valence-corrected chi connectivity index (χ2v) is 4.31. The summed E-state index contributed by atoms with van der Waals surface area (Å²) in [6, 6.07) is 0. The van der Waals surface area contributed by atoms with E-state index >= 15 is 0 Å². The van der Waals surface area contributed by atoms with Gasteiger partial charge < -0.3 is 9.47 Å². The Kier molecular flexibility index (Phi) is 5.58. The lowest BCUT2D eigenvalue weighted by Gasteiger charge is -2.34. The van der Waals surface area contributed by atoms with Crippen LogP contribution in [-0.4, -0.2) is 23.8 Å². The van der Waals surface area contributed by atoms with Crippen molar-refractivity contribution in [3.05, 3.63) is 12.7 Å². The van der Waals surface area contributed by atoms with E-state index in [9.17, 15) is 4.79 Å². The molecule has 0 aliphatic carbocycles. The molecule has 0 aliphatic heterocycles. The first-order valence-electron chi connectivity index (χ1n) is 5.34. The number of hydrogen-bond donors (Lipinski definition) is 0. The zero-order chi connectivity index (χ0) is 12.1. The molecule has 3 heteroatoms. The number of carbonyl (C=O) groups excluding carboxylic acids is 1. The molecule has 0 aliphatic rings. The maximum absolute atomic E-state index is 11.1. The molecule has 0 N–H and O–H groups in total. The Morgan fingerprint density at radius 3 is 2.33 bits per heavy atom. The van der Waals surface area contributed by atoms with E-state index in [1.54, 1.807) is 0 Å². The van der Waals surface area contributed by atoms with Gasteiger partial charge in [0, 0.05) is 6.08 Å². The minimum absolute atomic E-state index is 0.0959. The van der Waals surface area contributed by atoms with Gasteiger partial charge in [-0.05, 0) is 34.1 Å². The Labute approximate surface area is 92.5 Å². The maximum atomic E-state index is 11.1. The third-order valence-electron chi connectivity index (χ3n) is 2.11. The first-order chi connectivity index (χ1) is 6.83.